The summed E-state index contributed by atoms with van der Waals surface area (Å²) in [6.07, 6.45) is 2.71. The van der Waals surface area contributed by atoms with Crippen LogP contribution in [-0.2, 0) is 9.53 Å². The number of nitrogens with two attached hydrogens (primary N) is 1. The molecule has 2 N–H and O–H groups in total. The molecule has 1 aromatic rings. The third-order valence-corrected chi connectivity index (χ3v) is 2.67. The number of nitrogen functional groups attached to an aromatic ring is 1. The summed E-state index contributed by atoms with van der Waals surface area (Å²) in [5, 5.41) is 0. The van der Waals surface area contributed by atoms with Gasteiger partial charge in [-0.2, -0.15) is 0 Å². The number of aromatic nitrogens is 1. The lowest BCUT2D eigenvalue weighted by Crippen LogP contribution is -2.26. The van der Waals surface area contributed by atoms with Crippen LogP contribution < -0.4 is 10.6 Å². The van der Waals surface area contributed by atoms with E-state index in [1.165, 1.54) is 19.4 Å². The van der Waals surface area contributed by atoms with Gasteiger partial charge in [0.05, 0.1) is 24.6 Å². The van der Waals surface area contributed by atoms with Gasteiger partial charge in [-0.25, -0.2) is 9.78 Å². The molecule has 0 spiro atoms. The number of nitrogens with zero attached hydrogens (tertiary/aromatic N) is 2. The number of hydrogen-bond acceptors (Lipinski definition) is 5. The molecule has 0 unspecified atom stereocenters. The van der Waals surface area contributed by atoms with Crippen molar-refractivity contribution in [3.05, 3.63) is 17.8 Å². The Morgan fingerprint density at radius 2 is 2.35 bits per heavy atom. The van der Waals surface area contributed by atoms with Gasteiger partial charge in [-0.1, -0.05) is 0 Å². The number of carbonyl (C=O) groups excluding carboxylic acids is 2. The molecule has 0 saturated carbocycles. The largest absolute Gasteiger partial charge is 0.465 e. The van der Waals surface area contributed by atoms with E-state index >= 15 is 0 Å². The number of ether oxygens (including phenoxy) is 1. The van der Waals surface area contributed by atoms with Crippen LogP contribution in [0.5, 0.6) is 0 Å². The van der Waals surface area contributed by atoms with Crippen molar-refractivity contribution < 1.29 is 14.3 Å². The number of rotatable bonds is 2. The van der Waals surface area contributed by atoms with Crippen LogP contribution in [0, 0.1) is 0 Å². The van der Waals surface area contributed by atoms with Gasteiger partial charge in [0.25, 0.3) is 0 Å². The minimum atomic E-state index is -0.520. The summed E-state index contributed by atoms with van der Waals surface area (Å²) >= 11 is 0. The summed E-state index contributed by atoms with van der Waals surface area (Å²) in [6, 6.07) is 1.42. The van der Waals surface area contributed by atoms with Crippen molar-refractivity contribution in [3.8, 4) is 0 Å². The maximum absolute atomic E-state index is 11.6. The molecule has 0 bridgehead atoms. The van der Waals surface area contributed by atoms with Gasteiger partial charge in [0, 0.05) is 13.0 Å². The molecule has 0 aliphatic carbocycles. The third-order valence-electron chi connectivity index (χ3n) is 2.67. The molecular weight excluding hydrogens is 222 g/mol. The first-order chi connectivity index (χ1) is 8.13. The molecule has 6 heteroatoms. The molecular formula is C11H13N3O3. The van der Waals surface area contributed by atoms with Crippen molar-refractivity contribution in [1.82, 2.24) is 4.98 Å². The predicted molar refractivity (Wildman–Crippen MR) is 61.6 cm³/mol. The Kier molecular flexibility index (Phi) is 2.95. The normalized spacial score (nSPS) is 15.1. The first-order valence-corrected chi connectivity index (χ1v) is 5.27. The summed E-state index contributed by atoms with van der Waals surface area (Å²) < 4.78 is 4.67. The molecule has 1 saturated heterocycles. The first kappa shape index (κ1) is 11.4. The average molecular weight is 235 g/mol. The molecule has 1 aliphatic rings. The van der Waals surface area contributed by atoms with Gasteiger partial charge < -0.3 is 15.4 Å². The zero-order valence-electron chi connectivity index (χ0n) is 9.47. The van der Waals surface area contributed by atoms with E-state index in [1.807, 2.05) is 0 Å². The molecule has 0 radical (unpaired) electrons. The van der Waals surface area contributed by atoms with Crippen LogP contribution in [0.1, 0.15) is 23.2 Å². The zero-order valence-corrected chi connectivity index (χ0v) is 9.47. The van der Waals surface area contributed by atoms with E-state index in [4.69, 9.17) is 5.73 Å². The van der Waals surface area contributed by atoms with Crippen LogP contribution in [0.4, 0.5) is 11.5 Å². The van der Waals surface area contributed by atoms with Crippen LogP contribution in [-0.4, -0.2) is 30.5 Å². The number of methoxy groups -OCH3 is 1. The highest BCUT2D eigenvalue weighted by Gasteiger charge is 2.26. The van der Waals surface area contributed by atoms with E-state index in [-0.39, 0.29) is 17.3 Å². The van der Waals surface area contributed by atoms with Crippen molar-refractivity contribution in [2.24, 2.45) is 0 Å². The van der Waals surface area contributed by atoms with Crippen molar-refractivity contribution in [2.75, 3.05) is 24.3 Å². The van der Waals surface area contributed by atoms with E-state index in [2.05, 4.69) is 9.72 Å². The van der Waals surface area contributed by atoms with Gasteiger partial charge in [0.15, 0.2) is 0 Å². The van der Waals surface area contributed by atoms with Crippen molar-refractivity contribution >= 4 is 23.4 Å². The predicted octanol–water partition coefficient (Wildman–Crippen LogP) is 0.577. The monoisotopic (exact) mass is 235 g/mol. The molecule has 90 valence electrons. The standard InChI is InChI=1S/C11H13N3O3/c1-17-11(16)7-5-9(12)13-6-8(7)14-4-2-3-10(14)15/h5-6H,2-4H2,1H3,(H2,12,13). The second-order valence-electron chi connectivity index (χ2n) is 3.77. The molecule has 1 fully saturated rings. The molecule has 0 atom stereocenters. The van der Waals surface area contributed by atoms with Gasteiger partial charge >= 0.3 is 5.97 Å². The van der Waals surface area contributed by atoms with E-state index in [9.17, 15) is 9.59 Å². The van der Waals surface area contributed by atoms with Gasteiger partial charge in [-0.15, -0.1) is 0 Å². The summed E-state index contributed by atoms with van der Waals surface area (Å²) in [5.41, 5.74) is 6.27. The number of carbonyl (C=O) groups is 2. The summed E-state index contributed by atoms with van der Waals surface area (Å²) in [4.78, 5) is 28.7. The lowest BCUT2D eigenvalue weighted by atomic mass is 10.2. The molecule has 1 amide bonds. The SMILES string of the molecule is COC(=O)c1cc(N)ncc1N1CCCC1=O. The van der Waals surface area contributed by atoms with E-state index < -0.39 is 5.97 Å². The zero-order chi connectivity index (χ0) is 12.4. The van der Waals surface area contributed by atoms with Crippen LogP contribution in [0.25, 0.3) is 0 Å². The smallest absolute Gasteiger partial charge is 0.340 e. The van der Waals surface area contributed by atoms with Crippen LogP contribution in [0.3, 0.4) is 0 Å². The maximum atomic E-state index is 11.6. The van der Waals surface area contributed by atoms with Gasteiger partial charge in [-0.05, 0) is 12.5 Å². The third kappa shape index (κ3) is 2.06. The Labute approximate surface area is 98.4 Å². The second kappa shape index (κ2) is 4.40. The fourth-order valence-electron chi connectivity index (χ4n) is 1.86. The highest BCUT2D eigenvalue weighted by molar-refractivity contribution is 6.03. The van der Waals surface area contributed by atoms with Gasteiger partial charge in [0.2, 0.25) is 5.91 Å². The highest BCUT2D eigenvalue weighted by Crippen LogP contribution is 2.26. The van der Waals surface area contributed by atoms with Crippen LogP contribution >= 0.6 is 0 Å². The Hall–Kier alpha value is -2.11. The molecule has 0 aromatic carbocycles. The fraction of sp³-hybridized carbons (Fsp3) is 0.364. The molecule has 6 nitrogen and oxygen atoms in total. The number of hydrogen-bond donors (Lipinski definition) is 1. The Morgan fingerprint density at radius 1 is 1.59 bits per heavy atom. The number of anilines is 2. The van der Waals surface area contributed by atoms with Crippen LogP contribution in [0.15, 0.2) is 12.3 Å². The number of pyridine rings is 1. The quantitative estimate of drug-likeness (QED) is 0.758. The lowest BCUT2D eigenvalue weighted by Gasteiger charge is -2.18. The lowest BCUT2D eigenvalue weighted by molar-refractivity contribution is -0.117. The molecule has 1 aliphatic heterocycles. The van der Waals surface area contributed by atoms with E-state index in [1.54, 1.807) is 4.90 Å². The van der Waals surface area contributed by atoms with Crippen molar-refractivity contribution in [2.45, 2.75) is 12.8 Å². The summed E-state index contributed by atoms with van der Waals surface area (Å²) in [5.74, 6) is -0.309. The van der Waals surface area contributed by atoms with E-state index in [0.29, 0.717) is 18.7 Å². The Balaban J connectivity index is 2.45. The molecule has 17 heavy (non-hydrogen) atoms. The second-order valence-corrected chi connectivity index (χ2v) is 3.77. The topological polar surface area (TPSA) is 85.5 Å². The van der Waals surface area contributed by atoms with Gasteiger partial charge in [-0.3, -0.25) is 4.79 Å². The first-order valence-electron chi connectivity index (χ1n) is 5.27. The maximum Gasteiger partial charge on any atom is 0.340 e. The number of esters is 1. The molecule has 2 rings (SSSR count). The molecule has 2 heterocycles. The highest BCUT2D eigenvalue weighted by atomic mass is 16.5. The Morgan fingerprint density at radius 3 is 2.94 bits per heavy atom. The van der Waals surface area contributed by atoms with Crippen molar-refractivity contribution in [1.29, 1.82) is 0 Å². The Bertz CT molecular complexity index is 473. The van der Waals surface area contributed by atoms with Crippen LogP contribution in [0.2, 0.25) is 0 Å². The molecule has 1 aromatic heterocycles. The summed E-state index contributed by atoms with van der Waals surface area (Å²) in [6.45, 7) is 0.592. The van der Waals surface area contributed by atoms with Crippen molar-refractivity contribution in [3.63, 3.8) is 0 Å². The van der Waals surface area contributed by atoms with E-state index in [0.717, 1.165) is 6.42 Å². The number of amides is 1. The summed E-state index contributed by atoms with van der Waals surface area (Å²) in [7, 11) is 1.29. The average Bonchev–Trinajstić information content (AvgIpc) is 2.74. The minimum absolute atomic E-state index is 0.0123. The van der Waals surface area contributed by atoms with Gasteiger partial charge in [0.1, 0.15) is 5.82 Å². The fourth-order valence-corrected chi connectivity index (χ4v) is 1.86. The minimum Gasteiger partial charge on any atom is -0.465 e.